The number of hydrogen-bond donors (Lipinski definition) is 2. The third-order valence-corrected chi connectivity index (χ3v) is 5.25. The monoisotopic (exact) mass is 413 g/mol. The fourth-order valence-corrected chi connectivity index (χ4v) is 3.87. The van der Waals surface area contributed by atoms with E-state index in [4.69, 9.17) is 4.74 Å². The Bertz CT molecular complexity index is 420. The molecule has 3 aliphatic rings. The van der Waals surface area contributed by atoms with Crippen molar-refractivity contribution in [1.82, 2.24) is 15.5 Å². The van der Waals surface area contributed by atoms with Crippen molar-refractivity contribution >= 4 is 37.2 Å². The molecule has 0 aliphatic carbocycles. The number of likely N-dealkylation sites (tertiary alicyclic amines) is 1. The van der Waals surface area contributed by atoms with Crippen LogP contribution in [-0.2, 0) is 4.74 Å². The van der Waals surface area contributed by atoms with Crippen molar-refractivity contribution in [1.29, 1.82) is 0 Å². The van der Waals surface area contributed by atoms with Crippen molar-refractivity contribution in [3.05, 3.63) is 23.6 Å². The summed E-state index contributed by atoms with van der Waals surface area (Å²) >= 11 is 0. The zero-order valence-electron chi connectivity index (χ0n) is 15.2. The molecule has 0 unspecified atom stereocenters. The minimum atomic E-state index is 0. The van der Waals surface area contributed by atoms with Crippen molar-refractivity contribution in [3.63, 3.8) is 0 Å². The van der Waals surface area contributed by atoms with E-state index in [0.717, 1.165) is 32.0 Å². The van der Waals surface area contributed by atoms with Gasteiger partial charge in [-0.2, -0.15) is 0 Å². The molecular formula is C18H34Cl3N3O. The highest BCUT2D eigenvalue weighted by Gasteiger charge is 2.24. The maximum absolute atomic E-state index is 6.28. The molecule has 3 rings (SSSR count). The van der Waals surface area contributed by atoms with E-state index in [-0.39, 0.29) is 37.2 Å². The molecule has 4 nitrogen and oxygen atoms in total. The maximum Gasteiger partial charge on any atom is 0.138 e. The number of allylic oxidation sites excluding steroid dienone is 2. The van der Waals surface area contributed by atoms with E-state index in [0.29, 0.717) is 12.0 Å². The first-order chi connectivity index (χ1) is 10.9. The molecular weight excluding hydrogens is 381 g/mol. The third kappa shape index (κ3) is 6.84. The van der Waals surface area contributed by atoms with E-state index in [9.17, 15) is 0 Å². The number of ether oxygens (including phenoxy) is 1. The third-order valence-electron chi connectivity index (χ3n) is 5.25. The van der Waals surface area contributed by atoms with Gasteiger partial charge in [-0.3, -0.25) is 4.90 Å². The zero-order valence-corrected chi connectivity index (χ0v) is 17.6. The molecule has 0 aromatic carbocycles. The highest BCUT2D eigenvalue weighted by Crippen LogP contribution is 2.26. The second-order valence-electron chi connectivity index (χ2n) is 6.70. The summed E-state index contributed by atoms with van der Waals surface area (Å²) in [7, 11) is 0. The topological polar surface area (TPSA) is 36.5 Å². The maximum atomic E-state index is 6.28. The van der Waals surface area contributed by atoms with Gasteiger partial charge in [-0.15, -0.1) is 37.2 Å². The van der Waals surface area contributed by atoms with Gasteiger partial charge >= 0.3 is 0 Å². The summed E-state index contributed by atoms with van der Waals surface area (Å²) in [5.74, 6) is 1.73. The van der Waals surface area contributed by atoms with Crippen LogP contribution in [0.1, 0.15) is 39.0 Å². The van der Waals surface area contributed by atoms with Crippen molar-refractivity contribution in [2.24, 2.45) is 5.92 Å². The molecule has 0 aromatic heterocycles. The van der Waals surface area contributed by atoms with Crippen LogP contribution in [0.15, 0.2) is 23.6 Å². The Labute approximate surface area is 171 Å². The highest BCUT2D eigenvalue weighted by atomic mass is 35.5. The van der Waals surface area contributed by atoms with Gasteiger partial charge in [-0.05, 0) is 64.4 Å². The molecule has 0 spiro atoms. The van der Waals surface area contributed by atoms with Crippen LogP contribution in [0, 0.1) is 5.92 Å². The normalized spacial score (nSPS) is 22.3. The molecule has 3 heterocycles. The van der Waals surface area contributed by atoms with Gasteiger partial charge in [0.25, 0.3) is 0 Å². The van der Waals surface area contributed by atoms with Crippen LogP contribution in [0.3, 0.4) is 0 Å². The lowest BCUT2D eigenvalue weighted by molar-refractivity contribution is 0.112. The number of hydrogen-bond acceptors (Lipinski definition) is 4. The van der Waals surface area contributed by atoms with Crippen LogP contribution in [0.2, 0.25) is 0 Å². The van der Waals surface area contributed by atoms with Gasteiger partial charge in [0.1, 0.15) is 12.4 Å². The van der Waals surface area contributed by atoms with Crippen LogP contribution in [-0.4, -0.2) is 50.3 Å². The molecule has 0 bridgehead atoms. The molecule has 0 saturated carbocycles. The fraction of sp³-hybridized carbons (Fsp3) is 0.778. The van der Waals surface area contributed by atoms with Crippen LogP contribution in [0.4, 0.5) is 0 Å². The number of nitrogens with zero attached hydrogens (tertiary/aromatic N) is 1. The Balaban J connectivity index is 0.00000192. The number of rotatable bonds is 6. The number of nitrogens with one attached hydrogen (secondary N) is 2. The Hall–Kier alpha value is -0.130. The van der Waals surface area contributed by atoms with E-state index >= 15 is 0 Å². The molecule has 0 aromatic rings. The zero-order chi connectivity index (χ0) is 15.2. The Kier molecular flexibility index (Phi) is 13.0. The van der Waals surface area contributed by atoms with E-state index in [1.165, 1.54) is 50.9 Å². The summed E-state index contributed by atoms with van der Waals surface area (Å²) in [5.41, 5.74) is 1.35. The summed E-state index contributed by atoms with van der Waals surface area (Å²) in [5, 5.41) is 7.03. The first-order valence-corrected chi connectivity index (χ1v) is 9.10. The van der Waals surface area contributed by atoms with Crippen LogP contribution in [0.25, 0.3) is 0 Å². The summed E-state index contributed by atoms with van der Waals surface area (Å²) in [6, 6.07) is 0.569. The van der Waals surface area contributed by atoms with Crippen molar-refractivity contribution in [2.45, 2.75) is 45.1 Å². The number of piperidine rings is 1. The smallest absolute Gasteiger partial charge is 0.138 e. The summed E-state index contributed by atoms with van der Waals surface area (Å²) in [6.07, 6.45) is 10.7. The second kappa shape index (κ2) is 13.1. The standard InChI is InChI=1S/C18H31N3O.3ClH/c1-2-16(21-12-3-4-13-21)14-22-17-6-5-9-20-18(17)15-7-10-19-11-8-15;;;/h5-6,15-16,19-20H,2-4,7-14H2,1H3;3*1H/t16-;;;/m1.../s1. The molecule has 2 fully saturated rings. The lowest BCUT2D eigenvalue weighted by Crippen LogP contribution is -2.37. The predicted molar refractivity (Wildman–Crippen MR) is 112 cm³/mol. The van der Waals surface area contributed by atoms with Crippen molar-refractivity contribution in [3.8, 4) is 0 Å². The molecule has 25 heavy (non-hydrogen) atoms. The lowest BCUT2D eigenvalue weighted by Gasteiger charge is -2.31. The van der Waals surface area contributed by atoms with Crippen LogP contribution >= 0.6 is 37.2 Å². The van der Waals surface area contributed by atoms with Gasteiger partial charge in [0.2, 0.25) is 0 Å². The van der Waals surface area contributed by atoms with Crippen molar-refractivity contribution in [2.75, 3.05) is 39.3 Å². The average Bonchev–Trinajstić information content (AvgIpc) is 3.11. The number of halogens is 3. The van der Waals surface area contributed by atoms with Gasteiger partial charge in [-0.1, -0.05) is 13.0 Å². The highest BCUT2D eigenvalue weighted by molar-refractivity contribution is 5.86. The molecule has 0 radical (unpaired) electrons. The first-order valence-electron chi connectivity index (χ1n) is 9.10. The molecule has 0 amide bonds. The van der Waals surface area contributed by atoms with Gasteiger partial charge in [0.05, 0.1) is 5.70 Å². The molecule has 3 aliphatic heterocycles. The van der Waals surface area contributed by atoms with Gasteiger partial charge in [0, 0.05) is 18.5 Å². The van der Waals surface area contributed by atoms with E-state index in [1.54, 1.807) is 0 Å². The SMILES string of the molecule is CC[C@H](COC1=C(C2CCNCC2)NCC=C1)N1CCCC1.Cl.Cl.Cl. The second-order valence-corrected chi connectivity index (χ2v) is 6.70. The van der Waals surface area contributed by atoms with E-state index in [2.05, 4.69) is 34.6 Å². The minimum Gasteiger partial charge on any atom is -0.490 e. The van der Waals surface area contributed by atoms with Gasteiger partial charge < -0.3 is 15.4 Å². The van der Waals surface area contributed by atoms with Crippen LogP contribution < -0.4 is 10.6 Å². The number of dihydropyridines is 1. The van der Waals surface area contributed by atoms with E-state index in [1.807, 2.05) is 0 Å². The summed E-state index contributed by atoms with van der Waals surface area (Å²) < 4.78 is 6.28. The lowest BCUT2D eigenvalue weighted by atomic mass is 9.92. The minimum absolute atomic E-state index is 0. The Morgan fingerprint density at radius 1 is 1.16 bits per heavy atom. The Morgan fingerprint density at radius 3 is 2.48 bits per heavy atom. The summed E-state index contributed by atoms with van der Waals surface area (Å²) in [6.45, 7) is 8.79. The molecule has 1 atom stereocenters. The largest absolute Gasteiger partial charge is 0.490 e. The first kappa shape index (κ1) is 24.9. The van der Waals surface area contributed by atoms with Crippen LogP contribution in [0.5, 0.6) is 0 Å². The van der Waals surface area contributed by atoms with Gasteiger partial charge in [-0.25, -0.2) is 0 Å². The molecule has 7 heteroatoms. The fourth-order valence-electron chi connectivity index (χ4n) is 3.87. The van der Waals surface area contributed by atoms with Gasteiger partial charge in [0.15, 0.2) is 0 Å². The Morgan fingerprint density at radius 2 is 1.84 bits per heavy atom. The predicted octanol–water partition coefficient (Wildman–Crippen LogP) is 3.51. The average molecular weight is 415 g/mol. The quantitative estimate of drug-likeness (QED) is 0.697. The van der Waals surface area contributed by atoms with Crippen molar-refractivity contribution < 1.29 is 4.74 Å². The van der Waals surface area contributed by atoms with E-state index < -0.39 is 0 Å². The molecule has 148 valence electrons. The molecule has 2 N–H and O–H groups in total. The molecule has 2 saturated heterocycles. The summed E-state index contributed by atoms with van der Waals surface area (Å²) in [4.78, 5) is 2.60.